The zero-order valence-electron chi connectivity index (χ0n) is 7.91. The third kappa shape index (κ3) is 3.73. The standard InChI is InChI=1S/C9H20N2/c1-8(2,10)6-7-11-9(3)4-5-9/h11H,4-7,10H2,1-3H3. The Hall–Kier alpha value is -0.0800. The molecule has 1 fully saturated rings. The summed E-state index contributed by atoms with van der Waals surface area (Å²) < 4.78 is 0. The molecular formula is C9H20N2. The lowest BCUT2D eigenvalue weighted by atomic mass is 10.0. The van der Waals surface area contributed by atoms with E-state index in [-0.39, 0.29) is 5.54 Å². The van der Waals surface area contributed by atoms with Crippen LogP contribution in [0.2, 0.25) is 0 Å². The van der Waals surface area contributed by atoms with Crippen LogP contribution < -0.4 is 11.1 Å². The van der Waals surface area contributed by atoms with Gasteiger partial charge >= 0.3 is 0 Å². The summed E-state index contributed by atoms with van der Waals surface area (Å²) in [5, 5.41) is 3.51. The Morgan fingerprint density at radius 1 is 1.45 bits per heavy atom. The molecule has 66 valence electrons. The second-order valence-corrected chi connectivity index (χ2v) is 4.73. The zero-order chi connectivity index (χ0) is 8.54. The van der Waals surface area contributed by atoms with Gasteiger partial charge in [0.05, 0.1) is 0 Å². The molecule has 1 saturated carbocycles. The van der Waals surface area contributed by atoms with E-state index in [2.05, 4.69) is 26.1 Å². The van der Waals surface area contributed by atoms with Crippen molar-refractivity contribution in [2.45, 2.75) is 51.1 Å². The van der Waals surface area contributed by atoms with Crippen LogP contribution in [-0.2, 0) is 0 Å². The molecule has 0 aromatic carbocycles. The first-order chi connectivity index (χ1) is 4.91. The van der Waals surface area contributed by atoms with Crippen molar-refractivity contribution >= 4 is 0 Å². The molecule has 3 N–H and O–H groups in total. The van der Waals surface area contributed by atoms with Gasteiger partial charge in [0.15, 0.2) is 0 Å². The predicted molar refractivity (Wildman–Crippen MR) is 48.5 cm³/mol. The molecule has 0 saturated heterocycles. The Labute approximate surface area is 69.5 Å². The fraction of sp³-hybridized carbons (Fsp3) is 1.00. The first-order valence-corrected chi connectivity index (χ1v) is 4.45. The zero-order valence-corrected chi connectivity index (χ0v) is 7.91. The maximum Gasteiger partial charge on any atom is 0.0154 e. The molecule has 1 rings (SSSR count). The summed E-state index contributed by atoms with van der Waals surface area (Å²) in [7, 11) is 0. The minimum absolute atomic E-state index is 0.0156. The van der Waals surface area contributed by atoms with Gasteiger partial charge in [-0.25, -0.2) is 0 Å². The number of hydrogen-bond acceptors (Lipinski definition) is 2. The molecule has 0 aromatic rings. The highest BCUT2D eigenvalue weighted by Gasteiger charge is 2.36. The summed E-state index contributed by atoms with van der Waals surface area (Å²) in [6.45, 7) is 7.48. The molecule has 0 bridgehead atoms. The Balaban J connectivity index is 2.05. The highest BCUT2D eigenvalue weighted by molar-refractivity contribution is 4.97. The van der Waals surface area contributed by atoms with Gasteiger partial charge in [0.25, 0.3) is 0 Å². The summed E-state index contributed by atoms with van der Waals surface area (Å²) in [5.41, 5.74) is 6.29. The van der Waals surface area contributed by atoms with Crippen LogP contribution in [0.1, 0.15) is 40.0 Å². The lowest BCUT2D eigenvalue weighted by Crippen LogP contribution is -2.38. The van der Waals surface area contributed by atoms with E-state index >= 15 is 0 Å². The minimum atomic E-state index is -0.0156. The van der Waals surface area contributed by atoms with Crippen molar-refractivity contribution in [1.29, 1.82) is 0 Å². The Morgan fingerprint density at radius 3 is 2.36 bits per heavy atom. The molecule has 0 radical (unpaired) electrons. The van der Waals surface area contributed by atoms with E-state index in [0.29, 0.717) is 5.54 Å². The fourth-order valence-electron chi connectivity index (χ4n) is 1.05. The van der Waals surface area contributed by atoms with Gasteiger partial charge in [-0.2, -0.15) is 0 Å². The number of hydrogen-bond donors (Lipinski definition) is 2. The Morgan fingerprint density at radius 2 is 2.00 bits per heavy atom. The summed E-state index contributed by atoms with van der Waals surface area (Å²) in [6, 6.07) is 0. The third-order valence-electron chi connectivity index (χ3n) is 2.32. The molecule has 1 aliphatic rings. The highest BCUT2D eigenvalue weighted by atomic mass is 15.0. The van der Waals surface area contributed by atoms with Crippen molar-refractivity contribution in [3.05, 3.63) is 0 Å². The van der Waals surface area contributed by atoms with Crippen molar-refractivity contribution in [2.24, 2.45) is 5.73 Å². The second kappa shape index (κ2) is 2.76. The first-order valence-electron chi connectivity index (χ1n) is 4.45. The van der Waals surface area contributed by atoms with Gasteiger partial charge in [-0.05, 0) is 46.6 Å². The molecular weight excluding hydrogens is 136 g/mol. The van der Waals surface area contributed by atoms with Gasteiger partial charge in [-0.1, -0.05) is 0 Å². The molecule has 0 unspecified atom stereocenters. The molecule has 0 aliphatic heterocycles. The van der Waals surface area contributed by atoms with Gasteiger partial charge in [0, 0.05) is 11.1 Å². The third-order valence-corrected chi connectivity index (χ3v) is 2.32. The Kier molecular flexibility index (Phi) is 2.26. The maximum atomic E-state index is 5.85. The van der Waals surface area contributed by atoms with Crippen LogP contribution in [-0.4, -0.2) is 17.6 Å². The van der Waals surface area contributed by atoms with Crippen molar-refractivity contribution in [1.82, 2.24) is 5.32 Å². The number of nitrogens with one attached hydrogen (secondary N) is 1. The molecule has 0 aromatic heterocycles. The quantitative estimate of drug-likeness (QED) is 0.643. The van der Waals surface area contributed by atoms with E-state index in [1.807, 2.05) is 0 Å². The van der Waals surface area contributed by atoms with Crippen molar-refractivity contribution in [3.8, 4) is 0 Å². The maximum absolute atomic E-state index is 5.85. The highest BCUT2D eigenvalue weighted by Crippen LogP contribution is 2.34. The molecule has 0 atom stereocenters. The van der Waals surface area contributed by atoms with Crippen molar-refractivity contribution in [2.75, 3.05) is 6.54 Å². The minimum Gasteiger partial charge on any atom is -0.326 e. The van der Waals surface area contributed by atoms with E-state index < -0.39 is 0 Å². The Bertz CT molecular complexity index is 126. The topological polar surface area (TPSA) is 38.0 Å². The number of nitrogens with two attached hydrogens (primary N) is 1. The first kappa shape index (κ1) is 9.01. The summed E-state index contributed by atoms with van der Waals surface area (Å²) in [4.78, 5) is 0. The average molecular weight is 156 g/mol. The van der Waals surface area contributed by atoms with Gasteiger partial charge in [0.2, 0.25) is 0 Å². The normalized spacial score (nSPS) is 21.8. The SMILES string of the molecule is CC(C)(N)CCNC1(C)CC1. The van der Waals surface area contributed by atoms with E-state index in [1.54, 1.807) is 0 Å². The van der Waals surface area contributed by atoms with E-state index in [1.165, 1.54) is 12.8 Å². The van der Waals surface area contributed by atoms with E-state index in [0.717, 1.165) is 13.0 Å². The second-order valence-electron chi connectivity index (χ2n) is 4.73. The smallest absolute Gasteiger partial charge is 0.0154 e. The predicted octanol–water partition coefficient (Wildman–Crippen LogP) is 1.26. The van der Waals surface area contributed by atoms with Crippen LogP contribution in [0.25, 0.3) is 0 Å². The van der Waals surface area contributed by atoms with Crippen LogP contribution in [0.15, 0.2) is 0 Å². The van der Waals surface area contributed by atoms with Crippen LogP contribution in [0.3, 0.4) is 0 Å². The molecule has 11 heavy (non-hydrogen) atoms. The van der Waals surface area contributed by atoms with Gasteiger partial charge < -0.3 is 11.1 Å². The van der Waals surface area contributed by atoms with Crippen LogP contribution in [0.4, 0.5) is 0 Å². The van der Waals surface area contributed by atoms with Crippen molar-refractivity contribution in [3.63, 3.8) is 0 Å². The summed E-state index contributed by atoms with van der Waals surface area (Å²) in [5.74, 6) is 0. The average Bonchev–Trinajstić information content (AvgIpc) is 2.44. The van der Waals surface area contributed by atoms with Gasteiger partial charge in [-0.15, -0.1) is 0 Å². The van der Waals surface area contributed by atoms with Crippen LogP contribution >= 0.6 is 0 Å². The van der Waals surface area contributed by atoms with Crippen molar-refractivity contribution < 1.29 is 0 Å². The lowest BCUT2D eigenvalue weighted by Gasteiger charge is -2.20. The fourth-order valence-corrected chi connectivity index (χ4v) is 1.05. The largest absolute Gasteiger partial charge is 0.326 e. The summed E-state index contributed by atoms with van der Waals surface area (Å²) in [6.07, 6.45) is 3.72. The molecule has 1 aliphatic carbocycles. The monoisotopic (exact) mass is 156 g/mol. The van der Waals surface area contributed by atoms with Crippen LogP contribution in [0.5, 0.6) is 0 Å². The van der Waals surface area contributed by atoms with Gasteiger partial charge in [0.1, 0.15) is 0 Å². The molecule has 0 amide bonds. The molecule has 0 spiro atoms. The van der Waals surface area contributed by atoms with Crippen LogP contribution in [0, 0.1) is 0 Å². The molecule has 2 nitrogen and oxygen atoms in total. The molecule has 0 heterocycles. The van der Waals surface area contributed by atoms with E-state index in [4.69, 9.17) is 5.73 Å². The molecule has 2 heteroatoms. The lowest BCUT2D eigenvalue weighted by molar-refractivity contribution is 0.427. The van der Waals surface area contributed by atoms with E-state index in [9.17, 15) is 0 Å². The summed E-state index contributed by atoms with van der Waals surface area (Å²) >= 11 is 0. The van der Waals surface area contributed by atoms with Gasteiger partial charge in [-0.3, -0.25) is 0 Å². The number of rotatable bonds is 4.